The zero-order valence-electron chi connectivity index (χ0n) is 16.4. The number of guanidine groups is 1. The van der Waals surface area contributed by atoms with Crippen molar-refractivity contribution in [3.05, 3.63) is 29.8 Å². The van der Waals surface area contributed by atoms with Crippen LogP contribution in [0.1, 0.15) is 39.2 Å². The van der Waals surface area contributed by atoms with E-state index in [4.69, 9.17) is 0 Å². The molecule has 2 rings (SSSR count). The standard InChI is InChI=1S/C20H32N4OS/c1-5-18-14-24(9-10-26-18)20(21-4)22-13-16-7-6-8-17(12-16)23-19(25)11-15(2)3/h6-8,12,15,18H,5,9-11,13-14H2,1-4H3,(H,21,22)(H,23,25). The summed E-state index contributed by atoms with van der Waals surface area (Å²) in [6.07, 6.45) is 1.73. The number of carbonyl (C=O) groups is 1. The van der Waals surface area contributed by atoms with E-state index >= 15 is 0 Å². The van der Waals surface area contributed by atoms with E-state index in [1.807, 2.05) is 39.1 Å². The number of anilines is 1. The lowest BCUT2D eigenvalue weighted by Gasteiger charge is -2.34. The van der Waals surface area contributed by atoms with Gasteiger partial charge >= 0.3 is 0 Å². The van der Waals surface area contributed by atoms with Crippen LogP contribution in [-0.4, -0.2) is 47.9 Å². The Morgan fingerprint density at radius 1 is 1.42 bits per heavy atom. The van der Waals surface area contributed by atoms with E-state index in [-0.39, 0.29) is 5.91 Å². The second-order valence-electron chi connectivity index (χ2n) is 7.09. The highest BCUT2D eigenvalue weighted by molar-refractivity contribution is 8.00. The second-order valence-corrected chi connectivity index (χ2v) is 8.50. The van der Waals surface area contributed by atoms with E-state index in [1.165, 1.54) is 6.42 Å². The Bertz CT molecular complexity index is 618. The average molecular weight is 377 g/mol. The first-order chi connectivity index (χ1) is 12.5. The van der Waals surface area contributed by atoms with Crippen molar-refractivity contribution >= 4 is 29.3 Å². The molecule has 1 unspecified atom stereocenters. The first kappa shape index (κ1) is 20.6. The SMILES string of the molecule is CCC1CN(C(=NC)NCc2cccc(NC(=O)CC(C)C)c2)CCS1. The molecule has 0 aromatic heterocycles. The van der Waals surface area contributed by atoms with Crippen LogP contribution in [0.25, 0.3) is 0 Å². The molecule has 0 radical (unpaired) electrons. The maximum absolute atomic E-state index is 12.0. The average Bonchev–Trinajstić information content (AvgIpc) is 2.62. The number of nitrogens with zero attached hydrogens (tertiary/aromatic N) is 2. The van der Waals surface area contributed by atoms with Gasteiger partial charge < -0.3 is 15.5 Å². The highest BCUT2D eigenvalue weighted by Gasteiger charge is 2.21. The lowest BCUT2D eigenvalue weighted by Crippen LogP contribution is -2.47. The van der Waals surface area contributed by atoms with Gasteiger partial charge in [0.15, 0.2) is 5.96 Å². The zero-order chi connectivity index (χ0) is 18.9. The molecule has 1 aliphatic heterocycles. The molecule has 1 saturated heterocycles. The molecule has 1 aliphatic rings. The molecule has 26 heavy (non-hydrogen) atoms. The first-order valence-electron chi connectivity index (χ1n) is 9.47. The summed E-state index contributed by atoms with van der Waals surface area (Å²) in [7, 11) is 1.84. The van der Waals surface area contributed by atoms with Gasteiger partial charge in [0.2, 0.25) is 5.91 Å². The number of rotatable bonds is 6. The largest absolute Gasteiger partial charge is 0.352 e. The van der Waals surface area contributed by atoms with Gasteiger partial charge in [0.25, 0.3) is 0 Å². The van der Waals surface area contributed by atoms with Crippen LogP contribution in [0.5, 0.6) is 0 Å². The number of amides is 1. The topological polar surface area (TPSA) is 56.7 Å². The van der Waals surface area contributed by atoms with E-state index in [2.05, 4.69) is 45.3 Å². The summed E-state index contributed by atoms with van der Waals surface area (Å²) in [4.78, 5) is 18.8. The van der Waals surface area contributed by atoms with Gasteiger partial charge in [-0.1, -0.05) is 32.9 Å². The van der Waals surface area contributed by atoms with Crippen molar-refractivity contribution in [3.8, 4) is 0 Å². The van der Waals surface area contributed by atoms with Gasteiger partial charge in [-0.15, -0.1) is 0 Å². The molecule has 1 atom stereocenters. The number of hydrogen-bond acceptors (Lipinski definition) is 3. The van der Waals surface area contributed by atoms with Crippen molar-refractivity contribution in [2.75, 3.05) is 31.2 Å². The predicted molar refractivity (Wildman–Crippen MR) is 113 cm³/mol. The molecule has 1 aromatic rings. The molecular formula is C20H32N4OS. The van der Waals surface area contributed by atoms with Crippen LogP contribution >= 0.6 is 11.8 Å². The number of nitrogens with one attached hydrogen (secondary N) is 2. The Balaban J connectivity index is 1.91. The van der Waals surface area contributed by atoms with Crippen LogP contribution in [-0.2, 0) is 11.3 Å². The molecule has 144 valence electrons. The number of benzene rings is 1. The Morgan fingerprint density at radius 2 is 2.23 bits per heavy atom. The normalized spacial score (nSPS) is 18.1. The van der Waals surface area contributed by atoms with Crippen molar-refractivity contribution in [2.45, 2.75) is 45.4 Å². The van der Waals surface area contributed by atoms with Gasteiger partial charge in [0.05, 0.1) is 0 Å². The third kappa shape index (κ3) is 6.56. The fourth-order valence-electron chi connectivity index (χ4n) is 3.01. The highest BCUT2D eigenvalue weighted by atomic mass is 32.2. The Kier molecular flexibility index (Phi) is 8.29. The Labute approximate surface area is 162 Å². The second kappa shape index (κ2) is 10.5. The molecule has 6 heteroatoms. The van der Waals surface area contributed by atoms with E-state index in [9.17, 15) is 4.79 Å². The van der Waals surface area contributed by atoms with Crippen molar-refractivity contribution in [3.63, 3.8) is 0 Å². The molecule has 0 bridgehead atoms. The molecule has 1 fully saturated rings. The van der Waals surface area contributed by atoms with E-state index in [1.54, 1.807) is 0 Å². The minimum Gasteiger partial charge on any atom is -0.352 e. The maximum atomic E-state index is 12.0. The molecule has 2 N–H and O–H groups in total. The number of hydrogen-bond donors (Lipinski definition) is 2. The lowest BCUT2D eigenvalue weighted by molar-refractivity contribution is -0.116. The fraction of sp³-hybridized carbons (Fsp3) is 0.600. The Morgan fingerprint density at radius 3 is 2.92 bits per heavy atom. The summed E-state index contributed by atoms with van der Waals surface area (Å²) in [5.74, 6) is 2.53. The number of carbonyl (C=O) groups excluding carboxylic acids is 1. The van der Waals surface area contributed by atoms with Gasteiger partial charge in [-0.3, -0.25) is 9.79 Å². The quantitative estimate of drug-likeness (QED) is 0.589. The summed E-state index contributed by atoms with van der Waals surface area (Å²) < 4.78 is 0. The highest BCUT2D eigenvalue weighted by Crippen LogP contribution is 2.21. The monoisotopic (exact) mass is 376 g/mol. The minimum absolute atomic E-state index is 0.0670. The fourth-order valence-corrected chi connectivity index (χ4v) is 4.19. The summed E-state index contributed by atoms with van der Waals surface area (Å²) in [6, 6.07) is 8.01. The van der Waals surface area contributed by atoms with Crippen molar-refractivity contribution in [2.24, 2.45) is 10.9 Å². The van der Waals surface area contributed by atoms with Crippen molar-refractivity contribution < 1.29 is 4.79 Å². The number of aliphatic imine (C=N–C) groups is 1. The number of thioether (sulfide) groups is 1. The molecule has 1 heterocycles. The molecule has 1 amide bonds. The minimum atomic E-state index is 0.0670. The zero-order valence-corrected chi connectivity index (χ0v) is 17.2. The van der Waals surface area contributed by atoms with Crippen LogP contribution in [0.15, 0.2) is 29.3 Å². The smallest absolute Gasteiger partial charge is 0.224 e. The van der Waals surface area contributed by atoms with Crippen LogP contribution in [0.4, 0.5) is 5.69 Å². The lowest BCUT2D eigenvalue weighted by atomic mass is 10.1. The van der Waals surface area contributed by atoms with Crippen LogP contribution < -0.4 is 10.6 Å². The molecule has 5 nitrogen and oxygen atoms in total. The van der Waals surface area contributed by atoms with E-state index < -0.39 is 0 Å². The molecular weight excluding hydrogens is 344 g/mol. The van der Waals surface area contributed by atoms with Gasteiger partial charge in [-0.2, -0.15) is 11.8 Å². The maximum Gasteiger partial charge on any atom is 0.224 e. The van der Waals surface area contributed by atoms with Gasteiger partial charge in [-0.05, 0) is 30.0 Å². The summed E-state index contributed by atoms with van der Waals surface area (Å²) in [5.41, 5.74) is 1.98. The Hall–Kier alpha value is -1.69. The van der Waals surface area contributed by atoms with Crippen LogP contribution in [0.3, 0.4) is 0 Å². The molecule has 0 saturated carbocycles. The van der Waals surface area contributed by atoms with E-state index in [0.717, 1.165) is 36.1 Å². The van der Waals surface area contributed by atoms with Gasteiger partial charge in [-0.25, -0.2) is 0 Å². The molecule has 0 aliphatic carbocycles. The third-order valence-corrected chi connectivity index (χ3v) is 5.73. The summed E-state index contributed by atoms with van der Waals surface area (Å²) in [5, 5.41) is 7.13. The summed E-state index contributed by atoms with van der Waals surface area (Å²) in [6.45, 7) is 9.12. The first-order valence-corrected chi connectivity index (χ1v) is 10.5. The van der Waals surface area contributed by atoms with Gasteiger partial charge in [0, 0.05) is 49.8 Å². The van der Waals surface area contributed by atoms with Gasteiger partial charge in [0.1, 0.15) is 0 Å². The van der Waals surface area contributed by atoms with Crippen LogP contribution in [0.2, 0.25) is 0 Å². The third-order valence-electron chi connectivity index (χ3n) is 4.36. The van der Waals surface area contributed by atoms with Crippen LogP contribution in [0, 0.1) is 5.92 Å². The van der Waals surface area contributed by atoms with E-state index in [0.29, 0.717) is 24.1 Å². The molecule has 1 aromatic carbocycles. The summed E-state index contributed by atoms with van der Waals surface area (Å²) >= 11 is 2.06. The predicted octanol–water partition coefficient (Wildman–Crippen LogP) is 3.57. The van der Waals surface area contributed by atoms with Crippen molar-refractivity contribution in [1.82, 2.24) is 10.2 Å². The van der Waals surface area contributed by atoms with Crippen molar-refractivity contribution in [1.29, 1.82) is 0 Å². The molecule has 0 spiro atoms.